The van der Waals surface area contributed by atoms with E-state index in [-0.39, 0.29) is 11.3 Å². The predicted molar refractivity (Wildman–Crippen MR) is 42.6 cm³/mol. The Morgan fingerprint density at radius 1 is 1.38 bits per heavy atom. The number of carboxylic acids is 1. The number of phenols is 1. The molecule has 5 heteroatoms. The minimum atomic E-state index is -1.11. The summed E-state index contributed by atoms with van der Waals surface area (Å²) >= 11 is 0. The van der Waals surface area contributed by atoms with Gasteiger partial charge in [-0.2, -0.15) is 5.26 Å². The summed E-state index contributed by atoms with van der Waals surface area (Å²) in [6.07, 6.45) is 0.750. The van der Waals surface area contributed by atoms with Crippen LogP contribution in [0.5, 0.6) is 5.75 Å². The van der Waals surface area contributed by atoms with E-state index >= 15 is 0 Å². The predicted octanol–water partition coefficient (Wildman–Crippen LogP) is 0.930. The molecule has 0 radical (unpaired) electrons. The first kappa shape index (κ1) is 10.8. The zero-order valence-corrected chi connectivity index (χ0v) is 6.51. The molecule has 0 amide bonds. The fourth-order valence-electron chi connectivity index (χ4n) is 0.654. The standard InChI is InChI=1S/C7H6O3.CHNO/c8-6-4-2-1-3-5(6)7(9)10;2-1-3/h1-4,8H,(H,9,10);3H. The van der Waals surface area contributed by atoms with Gasteiger partial charge in [0.1, 0.15) is 11.3 Å². The monoisotopic (exact) mass is 181 g/mol. The van der Waals surface area contributed by atoms with Crippen molar-refractivity contribution in [3.8, 4) is 12.0 Å². The van der Waals surface area contributed by atoms with E-state index in [2.05, 4.69) is 0 Å². The maximum absolute atomic E-state index is 10.3. The SMILES string of the molecule is N#CO.O=C(O)c1ccccc1O. The van der Waals surface area contributed by atoms with Crippen LogP contribution in [0.1, 0.15) is 10.4 Å². The van der Waals surface area contributed by atoms with Gasteiger partial charge in [0.2, 0.25) is 0 Å². The van der Waals surface area contributed by atoms with Gasteiger partial charge in [-0.25, -0.2) is 4.79 Å². The van der Waals surface area contributed by atoms with Crippen molar-refractivity contribution >= 4 is 5.97 Å². The van der Waals surface area contributed by atoms with Crippen LogP contribution in [0.3, 0.4) is 0 Å². The first-order valence-corrected chi connectivity index (χ1v) is 3.18. The third-order valence-corrected chi connectivity index (χ3v) is 1.13. The van der Waals surface area contributed by atoms with Crippen LogP contribution >= 0.6 is 0 Å². The van der Waals surface area contributed by atoms with Crippen LogP contribution in [0, 0.1) is 11.5 Å². The molecule has 0 unspecified atom stereocenters. The number of carboxylic acid groups (broad SMARTS) is 1. The third kappa shape index (κ3) is 3.62. The molecule has 0 aliphatic rings. The number of aliphatic hydroxyl groups excluding tert-OH is 1. The first-order valence-electron chi connectivity index (χ1n) is 3.18. The van der Waals surface area contributed by atoms with E-state index in [4.69, 9.17) is 20.6 Å². The second kappa shape index (κ2) is 5.43. The van der Waals surface area contributed by atoms with Crippen LogP contribution in [0.2, 0.25) is 0 Å². The van der Waals surface area contributed by atoms with Crippen LogP contribution in [0.4, 0.5) is 0 Å². The lowest BCUT2D eigenvalue weighted by atomic mass is 10.2. The van der Waals surface area contributed by atoms with Crippen LogP contribution in [-0.2, 0) is 0 Å². The number of aliphatic hydroxyl groups is 1. The molecule has 0 saturated carbocycles. The van der Waals surface area contributed by atoms with Gasteiger partial charge in [-0.15, -0.1) is 0 Å². The Morgan fingerprint density at radius 2 is 1.85 bits per heavy atom. The van der Waals surface area contributed by atoms with E-state index in [0.717, 1.165) is 6.26 Å². The molecule has 0 bridgehead atoms. The molecule has 68 valence electrons. The van der Waals surface area contributed by atoms with Crippen molar-refractivity contribution < 1.29 is 20.1 Å². The second-order valence-electron chi connectivity index (χ2n) is 1.92. The highest BCUT2D eigenvalue weighted by molar-refractivity contribution is 5.90. The minimum absolute atomic E-state index is 0.0671. The summed E-state index contributed by atoms with van der Waals surface area (Å²) in [5, 5.41) is 31.1. The molecule has 3 N–H and O–H groups in total. The van der Waals surface area contributed by atoms with Crippen molar-refractivity contribution in [1.82, 2.24) is 0 Å². The van der Waals surface area contributed by atoms with Gasteiger partial charge in [-0.1, -0.05) is 12.1 Å². The molecular weight excluding hydrogens is 174 g/mol. The Labute approximate surface area is 74.1 Å². The van der Waals surface area contributed by atoms with E-state index in [9.17, 15) is 4.79 Å². The lowest BCUT2D eigenvalue weighted by Crippen LogP contribution is -1.95. The number of hydrogen-bond acceptors (Lipinski definition) is 4. The van der Waals surface area contributed by atoms with Crippen LogP contribution in [-0.4, -0.2) is 21.3 Å². The quantitative estimate of drug-likeness (QED) is 0.559. The Hall–Kier alpha value is -2.22. The molecule has 0 heterocycles. The highest BCUT2D eigenvalue weighted by Gasteiger charge is 2.05. The first-order chi connectivity index (χ1) is 6.13. The largest absolute Gasteiger partial charge is 0.507 e. The van der Waals surface area contributed by atoms with E-state index < -0.39 is 5.97 Å². The van der Waals surface area contributed by atoms with Crippen molar-refractivity contribution in [2.45, 2.75) is 0 Å². The molecule has 0 saturated heterocycles. The molecule has 0 spiro atoms. The van der Waals surface area contributed by atoms with Crippen molar-refractivity contribution in [2.24, 2.45) is 0 Å². The van der Waals surface area contributed by atoms with Gasteiger partial charge in [0.25, 0.3) is 6.26 Å². The maximum atomic E-state index is 10.3. The highest BCUT2D eigenvalue weighted by atomic mass is 16.4. The number of hydrogen-bond donors (Lipinski definition) is 3. The highest BCUT2D eigenvalue weighted by Crippen LogP contribution is 2.14. The van der Waals surface area contributed by atoms with Crippen molar-refractivity contribution in [1.29, 1.82) is 5.26 Å². The summed E-state index contributed by atoms with van der Waals surface area (Å²) in [7, 11) is 0. The summed E-state index contributed by atoms with van der Waals surface area (Å²) in [6.45, 7) is 0. The van der Waals surface area contributed by atoms with Gasteiger partial charge in [0, 0.05) is 0 Å². The Kier molecular flexibility index (Phi) is 4.51. The van der Waals surface area contributed by atoms with Crippen LogP contribution in [0.15, 0.2) is 24.3 Å². The van der Waals surface area contributed by atoms with Crippen molar-refractivity contribution in [2.75, 3.05) is 0 Å². The zero-order valence-electron chi connectivity index (χ0n) is 6.51. The van der Waals surface area contributed by atoms with E-state index in [1.54, 1.807) is 12.1 Å². The average molecular weight is 181 g/mol. The van der Waals surface area contributed by atoms with Crippen molar-refractivity contribution in [3.63, 3.8) is 0 Å². The van der Waals surface area contributed by atoms with E-state index in [1.807, 2.05) is 0 Å². The van der Waals surface area contributed by atoms with Gasteiger partial charge in [-0.05, 0) is 12.1 Å². The lowest BCUT2D eigenvalue weighted by Gasteiger charge is -1.95. The summed E-state index contributed by atoms with van der Waals surface area (Å²) in [5.74, 6) is -1.31. The molecule has 13 heavy (non-hydrogen) atoms. The molecule has 0 aliphatic heterocycles. The Balaban J connectivity index is 0.000000424. The number of aromatic hydroxyl groups is 1. The molecule has 0 aliphatic carbocycles. The fourth-order valence-corrected chi connectivity index (χ4v) is 0.654. The normalized spacial score (nSPS) is 7.62. The van der Waals surface area contributed by atoms with Crippen molar-refractivity contribution in [3.05, 3.63) is 29.8 Å². The van der Waals surface area contributed by atoms with E-state index in [0.29, 0.717) is 0 Å². The van der Waals surface area contributed by atoms with Gasteiger partial charge < -0.3 is 15.3 Å². The molecule has 0 aromatic heterocycles. The molecule has 1 aromatic rings. The fraction of sp³-hybridized carbons (Fsp3) is 0. The molecular formula is C8H7NO4. The summed E-state index contributed by atoms with van der Waals surface area (Å²) in [5.41, 5.74) is -0.0671. The molecule has 5 nitrogen and oxygen atoms in total. The number of benzene rings is 1. The second-order valence-corrected chi connectivity index (χ2v) is 1.92. The average Bonchev–Trinajstić information content (AvgIpc) is 2.06. The smallest absolute Gasteiger partial charge is 0.339 e. The van der Waals surface area contributed by atoms with Gasteiger partial charge in [-0.3, -0.25) is 0 Å². The number of rotatable bonds is 1. The number of aromatic carboxylic acids is 1. The number of nitrogens with zero attached hydrogens (tertiary/aromatic N) is 1. The lowest BCUT2D eigenvalue weighted by molar-refractivity contribution is 0.0693. The summed E-state index contributed by atoms with van der Waals surface area (Å²) < 4.78 is 0. The van der Waals surface area contributed by atoms with E-state index in [1.165, 1.54) is 12.1 Å². The minimum Gasteiger partial charge on any atom is -0.507 e. The molecule has 0 atom stereocenters. The number of nitriles is 1. The molecule has 1 aromatic carbocycles. The van der Waals surface area contributed by atoms with Crippen LogP contribution < -0.4 is 0 Å². The van der Waals surface area contributed by atoms with Gasteiger partial charge in [0.15, 0.2) is 0 Å². The van der Waals surface area contributed by atoms with Crippen LogP contribution in [0.25, 0.3) is 0 Å². The Bertz CT molecular complexity index is 329. The Morgan fingerprint density at radius 3 is 2.15 bits per heavy atom. The maximum Gasteiger partial charge on any atom is 0.339 e. The summed E-state index contributed by atoms with van der Waals surface area (Å²) in [6, 6.07) is 5.81. The number of para-hydroxylation sites is 1. The molecule has 0 fully saturated rings. The number of carbonyl (C=O) groups is 1. The van der Waals surface area contributed by atoms with Gasteiger partial charge in [0.05, 0.1) is 0 Å². The van der Waals surface area contributed by atoms with Gasteiger partial charge >= 0.3 is 5.97 Å². The topological polar surface area (TPSA) is 102 Å². The zero-order chi connectivity index (χ0) is 10.3. The summed E-state index contributed by atoms with van der Waals surface area (Å²) in [4.78, 5) is 10.3. The molecule has 1 rings (SSSR count). The third-order valence-electron chi connectivity index (χ3n) is 1.13.